The van der Waals surface area contributed by atoms with Crippen LogP contribution in [0.15, 0.2) is 24.3 Å². The lowest BCUT2D eigenvalue weighted by atomic mass is 9.75. The smallest absolute Gasteiger partial charge is 0.0369 e. The SMILES string of the molecule is Cc1cccc(N2CC3CC(N)CC(C3)C2)c1. The van der Waals surface area contributed by atoms with Crippen LogP contribution in [0.3, 0.4) is 0 Å². The van der Waals surface area contributed by atoms with Crippen molar-refractivity contribution in [3.8, 4) is 0 Å². The minimum absolute atomic E-state index is 0.457. The fraction of sp³-hybridized carbons (Fsp3) is 0.600. The van der Waals surface area contributed by atoms with Crippen molar-refractivity contribution >= 4 is 5.69 Å². The Hall–Kier alpha value is -1.02. The predicted molar refractivity (Wildman–Crippen MR) is 72.2 cm³/mol. The van der Waals surface area contributed by atoms with Gasteiger partial charge in [-0.15, -0.1) is 0 Å². The molecule has 2 fully saturated rings. The summed E-state index contributed by atoms with van der Waals surface area (Å²) in [4.78, 5) is 2.57. The van der Waals surface area contributed by atoms with Gasteiger partial charge in [-0.05, 0) is 55.7 Å². The van der Waals surface area contributed by atoms with Crippen LogP contribution in [-0.2, 0) is 0 Å². The van der Waals surface area contributed by atoms with E-state index in [1.165, 1.54) is 43.6 Å². The van der Waals surface area contributed by atoms with Crippen LogP contribution in [0, 0.1) is 18.8 Å². The zero-order valence-electron chi connectivity index (χ0n) is 10.6. The zero-order valence-corrected chi connectivity index (χ0v) is 10.6. The third kappa shape index (κ3) is 2.32. The van der Waals surface area contributed by atoms with Crippen LogP contribution in [0.25, 0.3) is 0 Å². The summed E-state index contributed by atoms with van der Waals surface area (Å²) in [6.45, 7) is 4.57. The topological polar surface area (TPSA) is 29.3 Å². The van der Waals surface area contributed by atoms with Crippen LogP contribution in [0.2, 0.25) is 0 Å². The van der Waals surface area contributed by atoms with Crippen molar-refractivity contribution in [2.75, 3.05) is 18.0 Å². The molecule has 2 nitrogen and oxygen atoms in total. The maximum Gasteiger partial charge on any atom is 0.0369 e. The van der Waals surface area contributed by atoms with Crippen molar-refractivity contribution in [1.29, 1.82) is 0 Å². The summed E-state index contributed by atoms with van der Waals surface area (Å²) in [5.74, 6) is 1.64. The molecule has 2 unspecified atom stereocenters. The largest absolute Gasteiger partial charge is 0.371 e. The number of hydrogen-bond donors (Lipinski definition) is 1. The van der Waals surface area contributed by atoms with Gasteiger partial charge in [0.15, 0.2) is 0 Å². The second-order valence-electron chi connectivity index (χ2n) is 5.94. The fourth-order valence-corrected chi connectivity index (χ4v) is 3.65. The predicted octanol–water partition coefficient (Wildman–Crippen LogP) is 2.56. The lowest BCUT2D eigenvalue weighted by Crippen LogP contribution is -2.47. The van der Waals surface area contributed by atoms with Crippen LogP contribution in [0.1, 0.15) is 24.8 Å². The lowest BCUT2D eigenvalue weighted by Gasteiger charge is -2.44. The number of piperidine rings is 1. The van der Waals surface area contributed by atoms with E-state index in [4.69, 9.17) is 5.73 Å². The summed E-state index contributed by atoms with van der Waals surface area (Å²) in [5.41, 5.74) is 8.87. The Bertz CT molecular complexity index is 384. The average molecular weight is 230 g/mol. The van der Waals surface area contributed by atoms with E-state index in [1.807, 2.05) is 0 Å². The van der Waals surface area contributed by atoms with Gasteiger partial charge in [-0.25, -0.2) is 0 Å². The summed E-state index contributed by atoms with van der Waals surface area (Å²) in [6.07, 6.45) is 3.84. The second-order valence-corrected chi connectivity index (χ2v) is 5.94. The molecule has 2 bridgehead atoms. The molecular formula is C15H22N2. The molecule has 1 saturated heterocycles. The van der Waals surface area contributed by atoms with E-state index < -0.39 is 0 Å². The molecule has 1 aromatic rings. The van der Waals surface area contributed by atoms with Gasteiger partial charge in [0.1, 0.15) is 0 Å². The summed E-state index contributed by atoms with van der Waals surface area (Å²) < 4.78 is 0. The van der Waals surface area contributed by atoms with Crippen LogP contribution in [0.5, 0.6) is 0 Å². The number of nitrogens with two attached hydrogens (primary N) is 1. The molecule has 92 valence electrons. The highest BCUT2D eigenvalue weighted by molar-refractivity contribution is 5.49. The first-order chi connectivity index (χ1) is 8.20. The van der Waals surface area contributed by atoms with E-state index in [1.54, 1.807) is 0 Å². The first kappa shape index (κ1) is 11.1. The van der Waals surface area contributed by atoms with Crippen LogP contribution in [0.4, 0.5) is 5.69 Å². The minimum Gasteiger partial charge on any atom is -0.371 e. The van der Waals surface area contributed by atoms with Crippen molar-refractivity contribution < 1.29 is 0 Å². The second kappa shape index (κ2) is 4.34. The summed E-state index contributed by atoms with van der Waals surface area (Å²) in [7, 11) is 0. The number of fused-ring (bicyclic) bond motifs is 2. The number of benzene rings is 1. The highest BCUT2D eigenvalue weighted by Gasteiger charge is 2.33. The molecule has 2 aliphatic rings. The van der Waals surface area contributed by atoms with Gasteiger partial charge in [-0.3, -0.25) is 0 Å². The molecule has 1 saturated carbocycles. The van der Waals surface area contributed by atoms with E-state index in [0.29, 0.717) is 6.04 Å². The van der Waals surface area contributed by atoms with E-state index in [-0.39, 0.29) is 0 Å². The Morgan fingerprint density at radius 1 is 1.12 bits per heavy atom. The zero-order chi connectivity index (χ0) is 11.8. The van der Waals surface area contributed by atoms with Gasteiger partial charge in [-0.2, -0.15) is 0 Å². The Kier molecular flexibility index (Phi) is 2.83. The average Bonchev–Trinajstić information content (AvgIpc) is 2.27. The van der Waals surface area contributed by atoms with Crippen molar-refractivity contribution in [3.63, 3.8) is 0 Å². The normalized spacial score (nSPS) is 32.6. The van der Waals surface area contributed by atoms with Crippen LogP contribution >= 0.6 is 0 Å². The molecule has 0 radical (unpaired) electrons. The Morgan fingerprint density at radius 2 is 1.82 bits per heavy atom. The van der Waals surface area contributed by atoms with E-state index >= 15 is 0 Å². The van der Waals surface area contributed by atoms with Crippen molar-refractivity contribution in [2.24, 2.45) is 17.6 Å². The van der Waals surface area contributed by atoms with E-state index in [0.717, 1.165) is 11.8 Å². The van der Waals surface area contributed by atoms with Gasteiger partial charge in [-0.1, -0.05) is 12.1 Å². The summed E-state index contributed by atoms with van der Waals surface area (Å²) in [5, 5.41) is 0. The van der Waals surface area contributed by atoms with Gasteiger partial charge >= 0.3 is 0 Å². The van der Waals surface area contributed by atoms with Crippen LogP contribution < -0.4 is 10.6 Å². The lowest BCUT2D eigenvalue weighted by molar-refractivity contribution is 0.208. The van der Waals surface area contributed by atoms with Crippen molar-refractivity contribution in [1.82, 2.24) is 0 Å². The first-order valence-electron chi connectivity index (χ1n) is 6.78. The van der Waals surface area contributed by atoms with Crippen LogP contribution in [-0.4, -0.2) is 19.1 Å². The fourth-order valence-electron chi connectivity index (χ4n) is 3.65. The van der Waals surface area contributed by atoms with Gasteiger partial charge < -0.3 is 10.6 Å². The number of rotatable bonds is 1. The molecule has 1 aromatic carbocycles. The van der Waals surface area contributed by atoms with Gasteiger partial charge in [0.2, 0.25) is 0 Å². The number of aryl methyl sites for hydroxylation is 1. The molecule has 1 aliphatic heterocycles. The third-order valence-electron chi connectivity index (χ3n) is 4.26. The molecule has 1 heterocycles. The molecule has 1 aliphatic carbocycles. The monoisotopic (exact) mass is 230 g/mol. The maximum atomic E-state index is 6.11. The van der Waals surface area contributed by atoms with Crippen molar-refractivity contribution in [2.45, 2.75) is 32.2 Å². The van der Waals surface area contributed by atoms with E-state index in [2.05, 4.69) is 36.1 Å². The highest BCUT2D eigenvalue weighted by atomic mass is 15.1. The molecule has 2 atom stereocenters. The summed E-state index contributed by atoms with van der Waals surface area (Å²) >= 11 is 0. The standard InChI is InChI=1S/C15H22N2/c1-11-3-2-4-15(5-11)17-9-12-6-13(10-17)8-14(16)7-12/h2-5,12-14H,6-10,16H2,1H3. The van der Waals surface area contributed by atoms with Gasteiger partial charge in [0, 0.05) is 24.8 Å². The number of anilines is 1. The molecule has 0 spiro atoms. The van der Waals surface area contributed by atoms with Gasteiger partial charge in [0.05, 0.1) is 0 Å². The first-order valence-corrected chi connectivity index (χ1v) is 6.78. The quantitative estimate of drug-likeness (QED) is 0.803. The highest BCUT2D eigenvalue weighted by Crippen LogP contribution is 2.35. The Balaban J connectivity index is 1.78. The molecular weight excluding hydrogens is 208 g/mol. The minimum atomic E-state index is 0.457. The Labute approximate surface area is 104 Å². The molecule has 2 heteroatoms. The summed E-state index contributed by atoms with van der Waals surface area (Å²) in [6, 6.07) is 9.35. The van der Waals surface area contributed by atoms with Crippen molar-refractivity contribution in [3.05, 3.63) is 29.8 Å². The molecule has 3 rings (SSSR count). The van der Waals surface area contributed by atoms with Gasteiger partial charge in [0.25, 0.3) is 0 Å². The molecule has 2 N–H and O–H groups in total. The third-order valence-corrected chi connectivity index (χ3v) is 4.26. The molecule has 0 aromatic heterocycles. The Morgan fingerprint density at radius 3 is 2.47 bits per heavy atom. The number of hydrogen-bond acceptors (Lipinski definition) is 2. The molecule has 0 amide bonds. The molecule has 17 heavy (non-hydrogen) atoms. The maximum absolute atomic E-state index is 6.11. The number of nitrogens with zero attached hydrogens (tertiary/aromatic N) is 1. The van der Waals surface area contributed by atoms with E-state index in [9.17, 15) is 0 Å².